The number of fused-ring (bicyclic) bond motifs is 1. The van der Waals surface area contributed by atoms with Gasteiger partial charge in [-0.1, -0.05) is 18.2 Å². The topological polar surface area (TPSA) is 75.0 Å². The standard InChI is InChI=1S/C26H28N6O2/c1-30-17-14-21(15-18-30)31(2)25(33)19-10-12-20(13-11-19)27-26-28-24-23(9-6-16-32(24)29-26)34-22-7-4-3-5-8-22/h3-13,16,21H,14-15,17-18H2,1-2H3,(H,27,29). The molecular weight excluding hydrogens is 428 g/mol. The van der Waals surface area contributed by atoms with E-state index in [9.17, 15) is 4.79 Å². The zero-order chi connectivity index (χ0) is 23.5. The predicted molar refractivity (Wildman–Crippen MR) is 132 cm³/mol. The Bertz CT molecular complexity index is 1260. The highest BCUT2D eigenvalue weighted by Crippen LogP contribution is 2.26. The monoisotopic (exact) mass is 456 g/mol. The Balaban J connectivity index is 1.28. The van der Waals surface area contributed by atoms with Crippen molar-refractivity contribution in [3.63, 3.8) is 0 Å². The summed E-state index contributed by atoms with van der Waals surface area (Å²) in [6.45, 7) is 2.05. The smallest absolute Gasteiger partial charge is 0.253 e. The van der Waals surface area contributed by atoms with E-state index in [0.29, 0.717) is 22.9 Å². The lowest BCUT2D eigenvalue weighted by Gasteiger charge is -2.35. The van der Waals surface area contributed by atoms with Crippen LogP contribution in [0.5, 0.6) is 11.5 Å². The van der Waals surface area contributed by atoms with Crippen molar-refractivity contribution >= 4 is 23.2 Å². The van der Waals surface area contributed by atoms with Crippen LogP contribution in [0.25, 0.3) is 5.65 Å². The molecule has 0 atom stereocenters. The van der Waals surface area contributed by atoms with Gasteiger partial charge in [-0.05, 0) is 81.5 Å². The number of aromatic nitrogens is 3. The van der Waals surface area contributed by atoms with E-state index in [4.69, 9.17) is 4.74 Å². The number of benzene rings is 2. The lowest BCUT2D eigenvalue weighted by molar-refractivity contribution is 0.0659. The molecule has 1 aliphatic heterocycles. The Kier molecular flexibility index (Phi) is 6.14. The molecule has 0 bridgehead atoms. The molecule has 0 unspecified atom stereocenters. The van der Waals surface area contributed by atoms with Crippen LogP contribution in [0.15, 0.2) is 72.9 Å². The number of rotatable bonds is 6. The minimum Gasteiger partial charge on any atom is -0.453 e. The second-order valence-electron chi connectivity index (χ2n) is 8.64. The second kappa shape index (κ2) is 9.52. The maximum atomic E-state index is 12.9. The Morgan fingerprint density at radius 3 is 2.50 bits per heavy atom. The molecule has 0 saturated carbocycles. The number of carbonyl (C=O) groups is 1. The maximum absolute atomic E-state index is 12.9. The fraction of sp³-hybridized carbons (Fsp3) is 0.269. The van der Waals surface area contributed by atoms with Crippen molar-refractivity contribution in [2.45, 2.75) is 18.9 Å². The van der Waals surface area contributed by atoms with Crippen molar-refractivity contribution in [1.29, 1.82) is 0 Å². The van der Waals surface area contributed by atoms with Gasteiger partial charge in [0.2, 0.25) is 5.95 Å². The number of likely N-dealkylation sites (tertiary alicyclic amines) is 1. The van der Waals surface area contributed by atoms with E-state index in [-0.39, 0.29) is 11.9 Å². The number of para-hydroxylation sites is 1. The average molecular weight is 457 g/mol. The Hall–Kier alpha value is -3.91. The first-order chi connectivity index (χ1) is 16.6. The molecule has 5 rings (SSSR count). The van der Waals surface area contributed by atoms with E-state index in [1.54, 1.807) is 4.52 Å². The Labute approximate surface area is 198 Å². The van der Waals surface area contributed by atoms with Crippen LogP contribution in [-0.4, -0.2) is 63.5 Å². The Morgan fingerprint density at radius 2 is 1.76 bits per heavy atom. The van der Waals surface area contributed by atoms with Gasteiger partial charge in [-0.2, -0.15) is 4.98 Å². The zero-order valence-electron chi connectivity index (χ0n) is 19.4. The lowest BCUT2D eigenvalue weighted by Crippen LogP contribution is -2.44. The van der Waals surface area contributed by atoms with Gasteiger partial charge in [0.1, 0.15) is 5.75 Å². The summed E-state index contributed by atoms with van der Waals surface area (Å²) in [6, 6.07) is 21.0. The van der Waals surface area contributed by atoms with Crippen LogP contribution in [0.1, 0.15) is 23.2 Å². The largest absolute Gasteiger partial charge is 0.453 e. The van der Waals surface area contributed by atoms with Gasteiger partial charge in [-0.15, -0.1) is 5.10 Å². The first kappa shape index (κ1) is 21.9. The maximum Gasteiger partial charge on any atom is 0.253 e. The molecule has 1 amide bonds. The van der Waals surface area contributed by atoms with Crippen molar-refractivity contribution < 1.29 is 9.53 Å². The molecule has 1 aliphatic rings. The quantitative estimate of drug-likeness (QED) is 0.463. The molecule has 0 radical (unpaired) electrons. The molecule has 1 saturated heterocycles. The number of ether oxygens (including phenoxy) is 1. The molecule has 34 heavy (non-hydrogen) atoms. The minimum atomic E-state index is 0.0506. The van der Waals surface area contributed by atoms with Gasteiger partial charge < -0.3 is 19.9 Å². The molecule has 8 heteroatoms. The third-order valence-electron chi connectivity index (χ3n) is 6.24. The number of piperidine rings is 1. The summed E-state index contributed by atoms with van der Waals surface area (Å²) in [5.74, 6) is 1.85. The summed E-state index contributed by atoms with van der Waals surface area (Å²) in [7, 11) is 4.03. The number of carbonyl (C=O) groups excluding carboxylic acids is 1. The average Bonchev–Trinajstić information content (AvgIpc) is 3.28. The Morgan fingerprint density at radius 1 is 1.03 bits per heavy atom. The van der Waals surface area contributed by atoms with E-state index < -0.39 is 0 Å². The predicted octanol–water partition coefficient (Wildman–Crippen LogP) is 4.43. The number of pyridine rings is 1. The number of nitrogens with zero attached hydrogens (tertiary/aromatic N) is 5. The third kappa shape index (κ3) is 4.72. The molecular formula is C26H28N6O2. The summed E-state index contributed by atoms with van der Waals surface area (Å²) in [5.41, 5.74) is 2.09. The van der Waals surface area contributed by atoms with Gasteiger partial charge in [0.05, 0.1) is 0 Å². The van der Waals surface area contributed by atoms with Gasteiger partial charge in [0.15, 0.2) is 11.4 Å². The van der Waals surface area contributed by atoms with Crippen LogP contribution in [-0.2, 0) is 0 Å². The summed E-state index contributed by atoms with van der Waals surface area (Å²) in [4.78, 5) is 21.7. The molecule has 8 nitrogen and oxygen atoms in total. The van der Waals surface area contributed by atoms with E-state index in [0.717, 1.165) is 37.4 Å². The molecule has 1 fully saturated rings. The molecule has 0 spiro atoms. The van der Waals surface area contributed by atoms with Crippen molar-refractivity contribution in [1.82, 2.24) is 24.4 Å². The molecule has 2 aromatic heterocycles. The van der Waals surface area contributed by atoms with Gasteiger partial charge in [0, 0.05) is 30.5 Å². The first-order valence-corrected chi connectivity index (χ1v) is 11.5. The summed E-state index contributed by atoms with van der Waals surface area (Å²) in [5, 5.41) is 7.72. The number of amides is 1. The number of hydrogen-bond acceptors (Lipinski definition) is 6. The van der Waals surface area contributed by atoms with Crippen molar-refractivity contribution in [2.24, 2.45) is 0 Å². The van der Waals surface area contributed by atoms with Crippen LogP contribution in [0, 0.1) is 0 Å². The normalized spacial score (nSPS) is 14.8. The highest BCUT2D eigenvalue weighted by molar-refractivity contribution is 5.94. The molecule has 2 aromatic carbocycles. The van der Waals surface area contributed by atoms with Crippen LogP contribution in [0.2, 0.25) is 0 Å². The van der Waals surface area contributed by atoms with Gasteiger partial charge in [-0.3, -0.25) is 4.79 Å². The first-order valence-electron chi connectivity index (χ1n) is 11.5. The molecule has 1 N–H and O–H groups in total. The molecule has 3 heterocycles. The zero-order valence-corrected chi connectivity index (χ0v) is 19.4. The van der Waals surface area contributed by atoms with Crippen molar-refractivity contribution in [3.8, 4) is 11.5 Å². The molecule has 4 aromatic rings. The van der Waals surface area contributed by atoms with E-state index >= 15 is 0 Å². The van der Waals surface area contributed by atoms with Crippen molar-refractivity contribution in [2.75, 3.05) is 32.5 Å². The fourth-order valence-electron chi connectivity index (χ4n) is 4.21. The third-order valence-corrected chi connectivity index (χ3v) is 6.24. The SMILES string of the molecule is CN1CCC(N(C)C(=O)c2ccc(Nc3nc4c(Oc5ccccc5)cccn4n3)cc2)CC1. The van der Waals surface area contributed by atoms with Gasteiger partial charge >= 0.3 is 0 Å². The van der Waals surface area contributed by atoms with Crippen LogP contribution in [0.4, 0.5) is 11.6 Å². The lowest BCUT2D eigenvalue weighted by atomic mass is 10.0. The molecule has 174 valence electrons. The van der Waals surface area contributed by atoms with Crippen LogP contribution >= 0.6 is 0 Å². The summed E-state index contributed by atoms with van der Waals surface area (Å²) >= 11 is 0. The number of nitrogens with one attached hydrogen (secondary N) is 1. The highest BCUT2D eigenvalue weighted by atomic mass is 16.5. The summed E-state index contributed by atoms with van der Waals surface area (Å²) < 4.78 is 7.66. The van der Waals surface area contributed by atoms with E-state index in [1.807, 2.05) is 84.9 Å². The fourth-order valence-corrected chi connectivity index (χ4v) is 4.21. The van der Waals surface area contributed by atoms with Crippen LogP contribution < -0.4 is 10.1 Å². The summed E-state index contributed by atoms with van der Waals surface area (Å²) in [6.07, 6.45) is 3.84. The molecule has 0 aliphatic carbocycles. The number of hydrogen-bond donors (Lipinski definition) is 1. The van der Waals surface area contributed by atoms with Crippen LogP contribution in [0.3, 0.4) is 0 Å². The van der Waals surface area contributed by atoms with Gasteiger partial charge in [0.25, 0.3) is 5.91 Å². The van der Waals surface area contributed by atoms with Gasteiger partial charge in [-0.25, -0.2) is 4.52 Å². The number of anilines is 2. The minimum absolute atomic E-state index is 0.0506. The van der Waals surface area contributed by atoms with E-state index in [2.05, 4.69) is 27.3 Å². The second-order valence-corrected chi connectivity index (χ2v) is 8.64. The highest BCUT2D eigenvalue weighted by Gasteiger charge is 2.24. The van der Waals surface area contributed by atoms with Crippen molar-refractivity contribution in [3.05, 3.63) is 78.5 Å². The van der Waals surface area contributed by atoms with E-state index in [1.165, 1.54) is 0 Å².